The minimum absolute atomic E-state index is 0.836. The van der Waals surface area contributed by atoms with Gasteiger partial charge in [0.1, 0.15) is 0 Å². The molecule has 0 aromatic rings. The third kappa shape index (κ3) is 2.74. The SMILES string of the molecule is C=CCC1CSSCC1C(C)C. The van der Waals surface area contributed by atoms with Gasteiger partial charge in [-0.25, -0.2) is 0 Å². The van der Waals surface area contributed by atoms with E-state index in [2.05, 4.69) is 26.5 Å². The first-order valence-corrected chi connectivity index (χ1v) is 7.09. The van der Waals surface area contributed by atoms with E-state index in [9.17, 15) is 0 Å². The average Bonchev–Trinajstić information content (AvgIpc) is 2.05. The van der Waals surface area contributed by atoms with Crippen molar-refractivity contribution in [2.75, 3.05) is 11.5 Å². The summed E-state index contributed by atoms with van der Waals surface area (Å²) in [5.41, 5.74) is 0. The van der Waals surface area contributed by atoms with Crippen LogP contribution in [0.5, 0.6) is 0 Å². The summed E-state index contributed by atoms with van der Waals surface area (Å²) in [6.07, 6.45) is 3.28. The first kappa shape index (κ1) is 10.5. The summed E-state index contributed by atoms with van der Waals surface area (Å²) in [6.45, 7) is 8.52. The topological polar surface area (TPSA) is 0 Å². The molecule has 0 N–H and O–H groups in total. The Morgan fingerprint density at radius 3 is 2.67 bits per heavy atom. The molecule has 0 aliphatic carbocycles. The van der Waals surface area contributed by atoms with E-state index in [1.165, 1.54) is 17.9 Å². The van der Waals surface area contributed by atoms with Crippen LogP contribution in [0.1, 0.15) is 20.3 Å². The van der Waals surface area contributed by atoms with E-state index in [1.54, 1.807) is 0 Å². The third-order valence-corrected chi connectivity index (χ3v) is 5.13. The van der Waals surface area contributed by atoms with Crippen LogP contribution in [0.3, 0.4) is 0 Å². The van der Waals surface area contributed by atoms with Gasteiger partial charge in [-0.2, -0.15) is 0 Å². The number of allylic oxidation sites excluding steroid dienone is 1. The molecule has 0 spiro atoms. The minimum atomic E-state index is 0.836. The standard InChI is InChI=1S/C10H18S2/c1-4-5-9-6-11-12-7-10(9)8(2)3/h4,8-10H,1,5-7H2,2-3H3. The van der Waals surface area contributed by atoms with E-state index < -0.39 is 0 Å². The molecule has 0 bridgehead atoms. The molecule has 2 unspecified atom stereocenters. The van der Waals surface area contributed by atoms with E-state index in [0.717, 1.165) is 17.8 Å². The molecule has 0 nitrogen and oxygen atoms in total. The van der Waals surface area contributed by atoms with E-state index in [-0.39, 0.29) is 0 Å². The number of rotatable bonds is 3. The van der Waals surface area contributed by atoms with E-state index in [1.807, 2.05) is 21.6 Å². The highest BCUT2D eigenvalue weighted by Crippen LogP contribution is 2.41. The molecule has 70 valence electrons. The highest BCUT2D eigenvalue weighted by molar-refractivity contribution is 8.76. The fraction of sp³-hybridized carbons (Fsp3) is 0.800. The van der Waals surface area contributed by atoms with Gasteiger partial charge in [0.15, 0.2) is 0 Å². The predicted octanol–water partition coefficient (Wildman–Crippen LogP) is 3.85. The van der Waals surface area contributed by atoms with Crippen molar-refractivity contribution in [2.24, 2.45) is 17.8 Å². The van der Waals surface area contributed by atoms with E-state index in [0.29, 0.717) is 0 Å². The molecule has 1 rings (SSSR count). The van der Waals surface area contributed by atoms with Crippen molar-refractivity contribution >= 4 is 21.6 Å². The van der Waals surface area contributed by atoms with Crippen molar-refractivity contribution < 1.29 is 0 Å². The molecule has 1 heterocycles. The molecule has 12 heavy (non-hydrogen) atoms. The van der Waals surface area contributed by atoms with E-state index in [4.69, 9.17) is 0 Å². The summed E-state index contributed by atoms with van der Waals surface area (Å²) < 4.78 is 0. The molecule has 1 aliphatic heterocycles. The lowest BCUT2D eigenvalue weighted by Gasteiger charge is -2.32. The van der Waals surface area contributed by atoms with E-state index >= 15 is 0 Å². The lowest BCUT2D eigenvalue weighted by Crippen LogP contribution is -2.26. The van der Waals surface area contributed by atoms with Gasteiger partial charge >= 0.3 is 0 Å². The smallest absolute Gasteiger partial charge is 0.00713 e. The van der Waals surface area contributed by atoms with Gasteiger partial charge in [-0.05, 0) is 24.2 Å². The maximum atomic E-state index is 3.83. The Morgan fingerprint density at radius 1 is 1.42 bits per heavy atom. The Hall–Kier alpha value is 0.440. The van der Waals surface area contributed by atoms with Crippen molar-refractivity contribution in [1.82, 2.24) is 0 Å². The summed E-state index contributed by atoms with van der Waals surface area (Å²) in [7, 11) is 4.08. The van der Waals surface area contributed by atoms with Crippen LogP contribution in [0.15, 0.2) is 12.7 Å². The molecule has 1 aliphatic rings. The fourth-order valence-electron chi connectivity index (χ4n) is 1.72. The quantitative estimate of drug-likeness (QED) is 0.504. The molecular formula is C10H18S2. The van der Waals surface area contributed by atoms with Crippen LogP contribution in [-0.2, 0) is 0 Å². The average molecular weight is 202 g/mol. The maximum Gasteiger partial charge on any atom is 0.00713 e. The molecule has 2 heteroatoms. The van der Waals surface area contributed by atoms with Crippen molar-refractivity contribution in [2.45, 2.75) is 20.3 Å². The summed E-state index contributed by atoms with van der Waals surface area (Å²) in [5.74, 6) is 5.28. The Morgan fingerprint density at radius 2 is 2.08 bits per heavy atom. The van der Waals surface area contributed by atoms with Crippen LogP contribution in [0.4, 0.5) is 0 Å². The van der Waals surface area contributed by atoms with Crippen LogP contribution in [0.25, 0.3) is 0 Å². The third-order valence-electron chi connectivity index (χ3n) is 2.56. The first-order chi connectivity index (χ1) is 5.75. The summed E-state index contributed by atoms with van der Waals surface area (Å²) in [4.78, 5) is 0. The minimum Gasteiger partial charge on any atom is -0.103 e. The van der Waals surface area contributed by atoms with Gasteiger partial charge in [0.05, 0.1) is 0 Å². The maximum absolute atomic E-state index is 3.83. The molecule has 2 atom stereocenters. The lowest BCUT2D eigenvalue weighted by atomic mass is 9.84. The number of hydrogen-bond donors (Lipinski definition) is 0. The van der Waals surface area contributed by atoms with Crippen molar-refractivity contribution in [3.63, 3.8) is 0 Å². The van der Waals surface area contributed by atoms with Gasteiger partial charge in [0, 0.05) is 11.5 Å². The van der Waals surface area contributed by atoms with Gasteiger partial charge in [0.25, 0.3) is 0 Å². The summed E-state index contributed by atoms with van der Waals surface area (Å²) in [6, 6.07) is 0. The molecule has 0 radical (unpaired) electrons. The predicted molar refractivity (Wildman–Crippen MR) is 61.5 cm³/mol. The molecule has 0 saturated carbocycles. The largest absolute Gasteiger partial charge is 0.103 e. The van der Waals surface area contributed by atoms with Gasteiger partial charge in [-0.1, -0.05) is 41.5 Å². The van der Waals surface area contributed by atoms with Crippen LogP contribution in [0, 0.1) is 17.8 Å². The molecule has 0 amide bonds. The number of hydrogen-bond acceptors (Lipinski definition) is 2. The van der Waals surface area contributed by atoms with Crippen molar-refractivity contribution in [1.29, 1.82) is 0 Å². The molecular weight excluding hydrogens is 184 g/mol. The normalized spacial score (nSPS) is 30.6. The van der Waals surface area contributed by atoms with Crippen LogP contribution in [0.2, 0.25) is 0 Å². The van der Waals surface area contributed by atoms with Crippen molar-refractivity contribution in [3.05, 3.63) is 12.7 Å². The zero-order valence-electron chi connectivity index (χ0n) is 7.95. The first-order valence-electron chi connectivity index (χ1n) is 4.61. The second-order valence-electron chi connectivity index (χ2n) is 3.76. The monoisotopic (exact) mass is 202 g/mol. The summed E-state index contributed by atoms with van der Waals surface area (Å²) in [5, 5.41) is 0. The van der Waals surface area contributed by atoms with Gasteiger partial charge in [-0.15, -0.1) is 6.58 Å². The van der Waals surface area contributed by atoms with Gasteiger partial charge in [0.2, 0.25) is 0 Å². The fourth-order valence-corrected chi connectivity index (χ4v) is 4.85. The summed E-state index contributed by atoms with van der Waals surface area (Å²) >= 11 is 0. The second-order valence-corrected chi connectivity index (χ2v) is 6.31. The zero-order chi connectivity index (χ0) is 8.97. The van der Waals surface area contributed by atoms with Crippen molar-refractivity contribution in [3.8, 4) is 0 Å². The Balaban J connectivity index is 2.47. The Kier molecular flexibility index (Phi) is 4.59. The van der Waals surface area contributed by atoms with Crippen LogP contribution < -0.4 is 0 Å². The second kappa shape index (κ2) is 5.23. The van der Waals surface area contributed by atoms with Gasteiger partial charge in [-0.3, -0.25) is 0 Å². The molecule has 0 aromatic carbocycles. The highest BCUT2D eigenvalue weighted by atomic mass is 33.1. The Bertz CT molecular complexity index is 143. The Labute approximate surface area is 84.0 Å². The van der Waals surface area contributed by atoms with Crippen LogP contribution in [-0.4, -0.2) is 11.5 Å². The molecule has 1 fully saturated rings. The van der Waals surface area contributed by atoms with Gasteiger partial charge < -0.3 is 0 Å². The van der Waals surface area contributed by atoms with Crippen LogP contribution >= 0.6 is 21.6 Å². The zero-order valence-corrected chi connectivity index (χ0v) is 9.59. The highest BCUT2D eigenvalue weighted by Gasteiger charge is 2.27. The molecule has 1 saturated heterocycles. The molecule has 0 aromatic heterocycles. The lowest BCUT2D eigenvalue weighted by molar-refractivity contribution is 0.308.